The van der Waals surface area contributed by atoms with E-state index in [1.54, 1.807) is 30.3 Å². The first-order valence-electron chi connectivity index (χ1n) is 6.40. The molecule has 0 spiro atoms. The average molecular weight is 354 g/mol. The highest BCUT2D eigenvalue weighted by atomic mass is 79.9. The Hall–Kier alpha value is -1.79. The number of para-hydroxylation sites is 1. The molecular weight excluding hydrogens is 341 g/mol. The molecule has 4 nitrogen and oxygen atoms in total. The van der Waals surface area contributed by atoms with E-state index in [4.69, 9.17) is 9.47 Å². The molecule has 0 radical (unpaired) electrons. The third-order valence-corrected chi connectivity index (χ3v) is 3.88. The number of halogens is 2. The van der Waals surface area contributed by atoms with Crippen LogP contribution in [0, 0.1) is 5.82 Å². The molecule has 1 aliphatic rings. The molecule has 0 saturated carbocycles. The number of ether oxygens (including phenoxy) is 2. The van der Waals surface area contributed by atoms with Gasteiger partial charge in [-0.1, -0.05) is 12.1 Å². The number of aliphatic hydroxyl groups is 1. The molecule has 0 aliphatic carbocycles. The molecule has 110 valence electrons. The van der Waals surface area contributed by atoms with Gasteiger partial charge in [0.2, 0.25) is 6.79 Å². The van der Waals surface area contributed by atoms with Crippen LogP contribution in [0.15, 0.2) is 40.9 Å². The summed E-state index contributed by atoms with van der Waals surface area (Å²) in [5, 5.41) is 13.1. The Morgan fingerprint density at radius 1 is 1.24 bits per heavy atom. The van der Waals surface area contributed by atoms with Gasteiger partial charge in [-0.05, 0) is 45.8 Å². The van der Waals surface area contributed by atoms with Crippen LogP contribution in [0.1, 0.15) is 11.7 Å². The first-order valence-corrected chi connectivity index (χ1v) is 7.20. The van der Waals surface area contributed by atoms with Crippen LogP contribution in [0.4, 0.5) is 10.1 Å². The predicted octanol–water partition coefficient (Wildman–Crippen LogP) is 3.46. The number of aliphatic hydroxyl groups excluding tert-OH is 1. The summed E-state index contributed by atoms with van der Waals surface area (Å²) in [6.07, 6.45) is -0.786. The molecule has 6 heteroatoms. The summed E-state index contributed by atoms with van der Waals surface area (Å²) < 4.78 is 24.8. The van der Waals surface area contributed by atoms with Crippen molar-refractivity contribution >= 4 is 21.6 Å². The lowest BCUT2D eigenvalue weighted by molar-refractivity contribution is 0.173. The van der Waals surface area contributed by atoms with E-state index < -0.39 is 6.10 Å². The Kier molecular flexibility index (Phi) is 3.98. The minimum atomic E-state index is -0.786. The van der Waals surface area contributed by atoms with Gasteiger partial charge in [0.15, 0.2) is 11.5 Å². The van der Waals surface area contributed by atoms with Gasteiger partial charge in [0.05, 0.1) is 11.8 Å². The third kappa shape index (κ3) is 2.96. The van der Waals surface area contributed by atoms with Gasteiger partial charge >= 0.3 is 0 Å². The van der Waals surface area contributed by atoms with Gasteiger partial charge in [-0.2, -0.15) is 0 Å². The van der Waals surface area contributed by atoms with Crippen molar-refractivity contribution in [3.05, 3.63) is 52.3 Å². The second-order valence-electron chi connectivity index (χ2n) is 4.61. The zero-order chi connectivity index (χ0) is 14.8. The van der Waals surface area contributed by atoms with Crippen LogP contribution < -0.4 is 14.8 Å². The van der Waals surface area contributed by atoms with Crippen molar-refractivity contribution in [3.8, 4) is 11.5 Å². The topological polar surface area (TPSA) is 50.7 Å². The fourth-order valence-electron chi connectivity index (χ4n) is 2.10. The molecule has 2 aromatic carbocycles. The molecule has 21 heavy (non-hydrogen) atoms. The maximum Gasteiger partial charge on any atom is 0.231 e. The molecule has 2 aromatic rings. The first-order chi connectivity index (χ1) is 10.1. The van der Waals surface area contributed by atoms with Crippen LogP contribution in [-0.4, -0.2) is 18.4 Å². The van der Waals surface area contributed by atoms with Crippen LogP contribution in [0.2, 0.25) is 0 Å². The minimum absolute atomic E-state index is 0.180. The molecule has 1 aliphatic heterocycles. The van der Waals surface area contributed by atoms with Gasteiger partial charge in [0.25, 0.3) is 0 Å². The van der Waals surface area contributed by atoms with Crippen molar-refractivity contribution in [1.82, 2.24) is 0 Å². The van der Waals surface area contributed by atoms with Crippen molar-refractivity contribution in [2.24, 2.45) is 0 Å². The smallest absolute Gasteiger partial charge is 0.231 e. The third-order valence-electron chi connectivity index (χ3n) is 3.22. The quantitative estimate of drug-likeness (QED) is 0.883. The molecule has 0 aromatic heterocycles. The Labute approximate surface area is 129 Å². The molecule has 2 N–H and O–H groups in total. The summed E-state index contributed by atoms with van der Waals surface area (Å²) in [7, 11) is 0. The number of anilines is 1. The van der Waals surface area contributed by atoms with Crippen molar-refractivity contribution in [3.63, 3.8) is 0 Å². The van der Waals surface area contributed by atoms with E-state index in [9.17, 15) is 9.50 Å². The summed E-state index contributed by atoms with van der Waals surface area (Å²) in [6.45, 7) is 0.370. The second-order valence-corrected chi connectivity index (χ2v) is 5.46. The van der Waals surface area contributed by atoms with Gasteiger partial charge in [-0.3, -0.25) is 0 Å². The van der Waals surface area contributed by atoms with E-state index in [2.05, 4.69) is 21.2 Å². The fourth-order valence-corrected chi connectivity index (χ4v) is 2.59. The molecule has 0 bridgehead atoms. The van der Waals surface area contributed by atoms with Gasteiger partial charge in [-0.25, -0.2) is 4.39 Å². The Morgan fingerprint density at radius 2 is 2.05 bits per heavy atom. The van der Waals surface area contributed by atoms with Crippen molar-refractivity contribution in [2.45, 2.75) is 6.10 Å². The average Bonchev–Trinajstić information content (AvgIpc) is 2.93. The van der Waals surface area contributed by atoms with Gasteiger partial charge in [0.1, 0.15) is 5.82 Å². The van der Waals surface area contributed by atoms with Gasteiger partial charge < -0.3 is 19.9 Å². The largest absolute Gasteiger partial charge is 0.454 e. The molecule has 1 atom stereocenters. The molecule has 0 amide bonds. The fraction of sp³-hybridized carbons (Fsp3) is 0.200. The van der Waals surface area contributed by atoms with Gasteiger partial charge in [-0.15, -0.1) is 0 Å². The summed E-state index contributed by atoms with van der Waals surface area (Å²) in [5.41, 5.74) is 1.01. The van der Waals surface area contributed by atoms with E-state index >= 15 is 0 Å². The Bertz CT molecular complexity index is 645. The molecule has 1 heterocycles. The second kappa shape index (κ2) is 5.91. The number of rotatable bonds is 4. The predicted molar refractivity (Wildman–Crippen MR) is 80.1 cm³/mol. The van der Waals surface area contributed by atoms with Crippen molar-refractivity contribution in [2.75, 3.05) is 18.7 Å². The Balaban J connectivity index is 1.70. The standard InChI is InChI=1S/C15H13BrFNO3/c16-10-2-1-3-11(17)15(10)18-7-12(19)9-4-5-13-14(6-9)21-8-20-13/h1-6,12,18-19H,7-8H2. The highest BCUT2D eigenvalue weighted by Crippen LogP contribution is 2.34. The minimum Gasteiger partial charge on any atom is -0.454 e. The SMILES string of the molecule is OC(CNc1c(F)cccc1Br)c1ccc2c(c1)OCO2. The van der Waals surface area contributed by atoms with Crippen LogP contribution in [0.5, 0.6) is 11.5 Å². The van der Waals surface area contributed by atoms with Crippen LogP contribution in [-0.2, 0) is 0 Å². The summed E-state index contributed by atoms with van der Waals surface area (Å²) in [5.74, 6) is 0.900. The maximum absolute atomic E-state index is 13.7. The van der Waals surface area contributed by atoms with E-state index in [1.165, 1.54) is 6.07 Å². The monoisotopic (exact) mass is 353 g/mol. The maximum atomic E-state index is 13.7. The zero-order valence-electron chi connectivity index (χ0n) is 11.0. The number of benzene rings is 2. The molecule has 1 unspecified atom stereocenters. The zero-order valence-corrected chi connectivity index (χ0v) is 12.6. The normalized spacial score (nSPS) is 14.0. The van der Waals surface area contributed by atoms with Crippen LogP contribution in [0.25, 0.3) is 0 Å². The molecular formula is C15H13BrFNO3. The number of hydrogen-bond acceptors (Lipinski definition) is 4. The van der Waals surface area contributed by atoms with Crippen molar-refractivity contribution < 1.29 is 19.0 Å². The summed E-state index contributed by atoms with van der Waals surface area (Å²) >= 11 is 3.27. The highest BCUT2D eigenvalue weighted by molar-refractivity contribution is 9.10. The van der Waals surface area contributed by atoms with Crippen LogP contribution >= 0.6 is 15.9 Å². The Morgan fingerprint density at radius 3 is 2.86 bits per heavy atom. The number of nitrogens with one attached hydrogen (secondary N) is 1. The summed E-state index contributed by atoms with van der Waals surface area (Å²) in [6, 6.07) is 9.94. The molecule has 3 rings (SSSR count). The van der Waals surface area contributed by atoms with Gasteiger partial charge in [0, 0.05) is 11.0 Å². The van der Waals surface area contributed by atoms with E-state index in [0.29, 0.717) is 27.2 Å². The van der Waals surface area contributed by atoms with E-state index in [-0.39, 0.29) is 19.2 Å². The van der Waals surface area contributed by atoms with E-state index in [0.717, 1.165) is 0 Å². The van der Waals surface area contributed by atoms with Crippen LogP contribution in [0.3, 0.4) is 0 Å². The molecule has 0 saturated heterocycles. The lowest BCUT2D eigenvalue weighted by atomic mass is 10.1. The van der Waals surface area contributed by atoms with Crippen molar-refractivity contribution in [1.29, 1.82) is 0 Å². The highest BCUT2D eigenvalue weighted by Gasteiger charge is 2.17. The molecule has 0 fully saturated rings. The lowest BCUT2D eigenvalue weighted by Gasteiger charge is -2.15. The summed E-state index contributed by atoms with van der Waals surface area (Å²) in [4.78, 5) is 0. The first kappa shape index (κ1) is 14.2. The number of fused-ring (bicyclic) bond motifs is 1. The lowest BCUT2D eigenvalue weighted by Crippen LogP contribution is -2.13. The van der Waals surface area contributed by atoms with E-state index in [1.807, 2.05) is 0 Å². The number of hydrogen-bond donors (Lipinski definition) is 2.